The van der Waals surface area contributed by atoms with Crippen molar-refractivity contribution in [2.75, 3.05) is 0 Å². The Hall–Kier alpha value is -0.910. The summed E-state index contributed by atoms with van der Waals surface area (Å²) in [6.07, 6.45) is 0. The number of carboxylic acids is 1. The third-order valence-corrected chi connectivity index (χ3v) is 1.39. The van der Waals surface area contributed by atoms with Crippen molar-refractivity contribution in [2.45, 2.75) is 0 Å². The predicted molar refractivity (Wildman–Crippen MR) is 42.6 cm³/mol. The van der Waals surface area contributed by atoms with Crippen LogP contribution in [-0.2, 0) is 0 Å². The minimum Gasteiger partial charge on any atom is -0.476 e. The monoisotopic (exact) mass is 210 g/mol. The van der Waals surface area contributed by atoms with E-state index in [4.69, 9.17) is 28.3 Å². The first-order valence-corrected chi connectivity index (χ1v) is 3.29. The maximum atomic E-state index is 10.3. The number of aromatic nitrogens is 2. The first kappa shape index (κ1) is 11.1. The van der Waals surface area contributed by atoms with E-state index in [2.05, 4.69) is 10.2 Å². The highest BCUT2D eigenvalue weighted by atomic mass is 35.5. The van der Waals surface area contributed by atoms with Gasteiger partial charge in [0.05, 0.1) is 5.02 Å². The highest BCUT2D eigenvalue weighted by Gasteiger charge is 2.10. The van der Waals surface area contributed by atoms with Crippen LogP contribution >= 0.6 is 23.2 Å². The SMILES string of the molecule is O.O=C(O)c1nnc(Cl)cc1Cl. The first-order chi connectivity index (χ1) is 5.11. The molecular formula is C5H4Cl2N2O3. The number of nitrogens with zero attached hydrogens (tertiary/aromatic N) is 2. The highest BCUT2D eigenvalue weighted by molar-refractivity contribution is 6.35. The van der Waals surface area contributed by atoms with Crippen LogP contribution in [0.4, 0.5) is 0 Å². The van der Waals surface area contributed by atoms with Crippen molar-refractivity contribution in [3.8, 4) is 0 Å². The Bertz CT molecular complexity index is 305. The molecule has 0 fully saturated rings. The molecular weight excluding hydrogens is 207 g/mol. The van der Waals surface area contributed by atoms with Gasteiger partial charge >= 0.3 is 5.97 Å². The molecule has 7 heteroatoms. The fourth-order valence-corrected chi connectivity index (χ4v) is 0.917. The lowest BCUT2D eigenvalue weighted by molar-refractivity contribution is 0.0689. The molecule has 1 rings (SSSR count). The molecule has 12 heavy (non-hydrogen) atoms. The number of hydrogen-bond acceptors (Lipinski definition) is 3. The molecule has 0 bridgehead atoms. The molecule has 0 unspecified atom stereocenters. The Labute approximate surface area is 77.2 Å². The van der Waals surface area contributed by atoms with Crippen LogP contribution in [0.2, 0.25) is 10.2 Å². The van der Waals surface area contributed by atoms with Crippen LogP contribution in [0.25, 0.3) is 0 Å². The molecule has 0 aliphatic rings. The van der Waals surface area contributed by atoms with Crippen LogP contribution < -0.4 is 0 Å². The first-order valence-electron chi connectivity index (χ1n) is 2.53. The summed E-state index contributed by atoms with van der Waals surface area (Å²) >= 11 is 10.8. The maximum absolute atomic E-state index is 10.3. The van der Waals surface area contributed by atoms with Gasteiger partial charge in [-0.1, -0.05) is 23.2 Å². The van der Waals surface area contributed by atoms with Gasteiger partial charge in [0, 0.05) is 0 Å². The largest absolute Gasteiger partial charge is 0.476 e. The summed E-state index contributed by atoms with van der Waals surface area (Å²) in [5, 5.41) is 15.1. The number of aromatic carboxylic acids is 1. The van der Waals surface area contributed by atoms with Gasteiger partial charge in [-0.2, -0.15) is 0 Å². The molecule has 0 spiro atoms. The Kier molecular flexibility index (Phi) is 3.88. The van der Waals surface area contributed by atoms with Crippen molar-refractivity contribution in [2.24, 2.45) is 0 Å². The quantitative estimate of drug-likeness (QED) is 0.737. The number of hydrogen-bond donors (Lipinski definition) is 1. The summed E-state index contributed by atoms with van der Waals surface area (Å²) in [6.45, 7) is 0. The fourth-order valence-electron chi connectivity index (χ4n) is 0.492. The molecule has 1 aromatic rings. The van der Waals surface area contributed by atoms with Gasteiger partial charge in [-0.05, 0) is 6.07 Å². The Balaban J connectivity index is 0.00000121. The lowest BCUT2D eigenvalue weighted by Crippen LogP contribution is -2.02. The van der Waals surface area contributed by atoms with Crippen molar-refractivity contribution >= 4 is 29.2 Å². The third kappa shape index (κ3) is 2.30. The van der Waals surface area contributed by atoms with Crippen LogP contribution in [-0.4, -0.2) is 26.7 Å². The van der Waals surface area contributed by atoms with E-state index in [1.807, 2.05) is 0 Å². The highest BCUT2D eigenvalue weighted by Crippen LogP contribution is 2.15. The number of rotatable bonds is 1. The average Bonchev–Trinajstić information content (AvgIpc) is 1.85. The van der Waals surface area contributed by atoms with E-state index in [9.17, 15) is 4.79 Å². The summed E-state index contributed by atoms with van der Waals surface area (Å²) in [4.78, 5) is 10.3. The van der Waals surface area contributed by atoms with Crippen molar-refractivity contribution in [1.82, 2.24) is 10.2 Å². The van der Waals surface area contributed by atoms with Crippen molar-refractivity contribution in [3.63, 3.8) is 0 Å². The second-order valence-corrected chi connectivity index (χ2v) is 2.46. The van der Waals surface area contributed by atoms with Crippen LogP contribution in [0.5, 0.6) is 0 Å². The van der Waals surface area contributed by atoms with Crippen molar-refractivity contribution in [3.05, 3.63) is 21.9 Å². The molecule has 3 N–H and O–H groups in total. The molecule has 1 heterocycles. The number of carboxylic acid groups (broad SMARTS) is 1. The molecule has 0 aliphatic heterocycles. The van der Waals surface area contributed by atoms with E-state index in [1.165, 1.54) is 6.07 Å². The van der Waals surface area contributed by atoms with Crippen molar-refractivity contribution < 1.29 is 15.4 Å². The Morgan fingerprint density at radius 3 is 2.42 bits per heavy atom. The zero-order valence-electron chi connectivity index (χ0n) is 5.58. The van der Waals surface area contributed by atoms with E-state index in [0.717, 1.165) is 0 Å². The summed E-state index contributed by atoms with van der Waals surface area (Å²) in [5.41, 5.74) is -0.295. The van der Waals surface area contributed by atoms with Crippen molar-refractivity contribution in [1.29, 1.82) is 0 Å². The molecule has 5 nitrogen and oxygen atoms in total. The Morgan fingerprint density at radius 2 is 2.00 bits per heavy atom. The van der Waals surface area contributed by atoms with Crippen LogP contribution in [0.1, 0.15) is 10.5 Å². The molecule has 0 amide bonds. The molecule has 0 saturated heterocycles. The van der Waals surface area contributed by atoms with Crippen LogP contribution in [0.15, 0.2) is 6.07 Å². The number of carbonyl (C=O) groups is 1. The summed E-state index contributed by atoms with van der Waals surface area (Å²) in [6, 6.07) is 1.22. The van der Waals surface area contributed by atoms with E-state index >= 15 is 0 Å². The summed E-state index contributed by atoms with van der Waals surface area (Å²) in [5.74, 6) is -1.22. The van der Waals surface area contributed by atoms with Crippen LogP contribution in [0.3, 0.4) is 0 Å². The zero-order chi connectivity index (χ0) is 8.43. The minimum absolute atomic E-state index is 0. The van der Waals surface area contributed by atoms with Gasteiger partial charge in [-0.15, -0.1) is 10.2 Å². The molecule has 1 aromatic heterocycles. The topological polar surface area (TPSA) is 94.6 Å². The average molecular weight is 211 g/mol. The smallest absolute Gasteiger partial charge is 0.357 e. The second kappa shape index (κ2) is 4.20. The third-order valence-electron chi connectivity index (χ3n) is 0.920. The van der Waals surface area contributed by atoms with E-state index in [1.54, 1.807) is 0 Å². The predicted octanol–water partition coefficient (Wildman–Crippen LogP) is 0.657. The summed E-state index contributed by atoms with van der Waals surface area (Å²) in [7, 11) is 0. The second-order valence-electron chi connectivity index (χ2n) is 1.67. The van der Waals surface area contributed by atoms with Gasteiger partial charge in [-0.25, -0.2) is 4.79 Å². The van der Waals surface area contributed by atoms with Gasteiger partial charge in [-0.3, -0.25) is 0 Å². The van der Waals surface area contributed by atoms with Gasteiger partial charge in [0.1, 0.15) is 0 Å². The van der Waals surface area contributed by atoms with E-state index in [-0.39, 0.29) is 21.3 Å². The molecule has 0 aromatic carbocycles. The van der Waals surface area contributed by atoms with Gasteiger partial charge < -0.3 is 10.6 Å². The van der Waals surface area contributed by atoms with E-state index in [0.29, 0.717) is 0 Å². The van der Waals surface area contributed by atoms with Crippen LogP contribution in [0, 0.1) is 0 Å². The van der Waals surface area contributed by atoms with Gasteiger partial charge in [0.2, 0.25) is 0 Å². The standard InChI is InChI=1S/C5H2Cl2N2O2.H2O/c6-2-1-3(7)8-9-4(2)5(10)11;/h1H,(H,10,11);1H2. The van der Waals surface area contributed by atoms with E-state index < -0.39 is 5.97 Å². The molecule has 0 atom stereocenters. The normalized spacial score (nSPS) is 8.83. The van der Waals surface area contributed by atoms with Gasteiger partial charge in [0.25, 0.3) is 0 Å². The summed E-state index contributed by atoms with van der Waals surface area (Å²) < 4.78 is 0. The lowest BCUT2D eigenvalue weighted by Gasteiger charge is -1.94. The van der Waals surface area contributed by atoms with Gasteiger partial charge in [0.15, 0.2) is 10.8 Å². The maximum Gasteiger partial charge on any atom is 0.357 e. The Morgan fingerprint density at radius 1 is 1.42 bits per heavy atom. The lowest BCUT2D eigenvalue weighted by atomic mass is 10.4. The fraction of sp³-hybridized carbons (Fsp3) is 0. The molecule has 0 aliphatic carbocycles. The molecule has 66 valence electrons. The molecule has 0 saturated carbocycles. The molecule has 0 radical (unpaired) electrons. The zero-order valence-corrected chi connectivity index (χ0v) is 7.10. The number of halogens is 2. The minimum atomic E-state index is -1.22.